The molecule has 1 amide bonds. The van der Waals surface area contributed by atoms with Crippen LogP contribution in [0.15, 0.2) is 24.3 Å². The maximum absolute atomic E-state index is 12.9. The van der Waals surface area contributed by atoms with Gasteiger partial charge in [0.05, 0.1) is 6.04 Å². The first-order valence-corrected chi connectivity index (χ1v) is 7.20. The van der Waals surface area contributed by atoms with Crippen molar-refractivity contribution in [3.05, 3.63) is 35.6 Å². The first-order chi connectivity index (χ1) is 9.42. The second kappa shape index (κ2) is 7.23. The molecule has 0 saturated heterocycles. The number of nitrogens with one attached hydrogen (secondary N) is 1. The lowest BCUT2D eigenvalue weighted by atomic mass is 9.96. The fraction of sp³-hybridized carbons (Fsp3) is 0.562. The minimum absolute atomic E-state index is 0. The zero-order chi connectivity index (χ0) is 14.8. The van der Waals surface area contributed by atoms with E-state index in [1.165, 1.54) is 12.1 Å². The Labute approximate surface area is 131 Å². The normalized spacial score (nSPS) is 17.0. The minimum atomic E-state index is -0.448. The van der Waals surface area contributed by atoms with E-state index in [1.807, 2.05) is 26.0 Å². The average molecular weight is 315 g/mol. The Kier molecular flexibility index (Phi) is 6.17. The van der Waals surface area contributed by atoms with Gasteiger partial charge in [-0.3, -0.25) is 4.79 Å². The highest BCUT2D eigenvalue weighted by Gasteiger charge is 2.42. The minimum Gasteiger partial charge on any atom is -0.354 e. The van der Waals surface area contributed by atoms with Crippen LogP contribution in [0.2, 0.25) is 0 Å². The summed E-state index contributed by atoms with van der Waals surface area (Å²) in [6.07, 6.45) is 3.08. The lowest BCUT2D eigenvalue weighted by molar-refractivity contribution is -0.123. The standard InChI is InChI=1S/C16H23FN2O.ClH/c1-11(2)14(18)15(20)19-10-16(7-8-16)9-12-3-5-13(17)6-4-12;/h3-6,11,14H,7-10,18H2,1-2H3,(H,19,20);1H/t14-;/m0./s1. The van der Waals surface area contributed by atoms with E-state index >= 15 is 0 Å². The number of amides is 1. The van der Waals surface area contributed by atoms with Gasteiger partial charge in [0.1, 0.15) is 5.82 Å². The van der Waals surface area contributed by atoms with Crippen molar-refractivity contribution in [1.29, 1.82) is 0 Å². The summed E-state index contributed by atoms with van der Waals surface area (Å²) in [5.74, 6) is -0.151. The number of hydrogen-bond acceptors (Lipinski definition) is 2. The third-order valence-electron chi connectivity index (χ3n) is 4.11. The maximum Gasteiger partial charge on any atom is 0.237 e. The van der Waals surface area contributed by atoms with Crippen LogP contribution in [-0.2, 0) is 11.2 Å². The molecule has 3 nitrogen and oxygen atoms in total. The highest BCUT2D eigenvalue weighted by molar-refractivity contribution is 5.85. The molecule has 0 heterocycles. The van der Waals surface area contributed by atoms with Crippen LogP contribution >= 0.6 is 12.4 Å². The van der Waals surface area contributed by atoms with Crippen LogP contribution in [-0.4, -0.2) is 18.5 Å². The maximum atomic E-state index is 12.9. The highest BCUT2D eigenvalue weighted by Crippen LogP contribution is 2.47. The Bertz CT molecular complexity index is 472. The fourth-order valence-electron chi connectivity index (χ4n) is 2.32. The molecule has 0 bridgehead atoms. The van der Waals surface area contributed by atoms with Crippen LogP contribution in [0.1, 0.15) is 32.3 Å². The largest absolute Gasteiger partial charge is 0.354 e. The number of nitrogens with two attached hydrogens (primary N) is 1. The number of halogens is 2. The van der Waals surface area contributed by atoms with E-state index in [0.29, 0.717) is 6.54 Å². The zero-order valence-electron chi connectivity index (χ0n) is 12.6. The molecule has 21 heavy (non-hydrogen) atoms. The lowest BCUT2D eigenvalue weighted by Crippen LogP contribution is -2.45. The SMILES string of the molecule is CC(C)[C@H](N)C(=O)NCC1(Cc2ccc(F)cc2)CC1.Cl. The number of rotatable bonds is 6. The third kappa shape index (κ3) is 4.97. The van der Waals surface area contributed by atoms with Gasteiger partial charge in [0.2, 0.25) is 5.91 Å². The third-order valence-corrected chi connectivity index (χ3v) is 4.11. The summed E-state index contributed by atoms with van der Waals surface area (Å²) in [7, 11) is 0. The molecular formula is C16H24ClFN2O. The van der Waals surface area contributed by atoms with Crippen LogP contribution in [0.4, 0.5) is 4.39 Å². The van der Waals surface area contributed by atoms with E-state index in [9.17, 15) is 9.18 Å². The molecule has 0 radical (unpaired) electrons. The van der Waals surface area contributed by atoms with Crippen molar-refractivity contribution < 1.29 is 9.18 Å². The summed E-state index contributed by atoms with van der Waals surface area (Å²) < 4.78 is 12.9. The van der Waals surface area contributed by atoms with Crippen molar-refractivity contribution in [3.8, 4) is 0 Å². The van der Waals surface area contributed by atoms with Crippen LogP contribution in [0.25, 0.3) is 0 Å². The molecule has 5 heteroatoms. The van der Waals surface area contributed by atoms with Gasteiger partial charge in [-0.25, -0.2) is 4.39 Å². The summed E-state index contributed by atoms with van der Waals surface area (Å²) in [5, 5.41) is 2.96. The van der Waals surface area contributed by atoms with Crippen molar-refractivity contribution in [2.45, 2.75) is 39.2 Å². The summed E-state index contributed by atoms with van der Waals surface area (Å²) in [4.78, 5) is 11.9. The molecule has 0 aliphatic heterocycles. The Morgan fingerprint density at radius 2 is 1.90 bits per heavy atom. The Morgan fingerprint density at radius 3 is 2.38 bits per heavy atom. The molecule has 0 spiro atoms. The summed E-state index contributed by atoms with van der Waals surface area (Å²) in [6, 6.07) is 6.16. The monoisotopic (exact) mass is 314 g/mol. The predicted octanol–water partition coefficient (Wildman–Crippen LogP) is 2.67. The van der Waals surface area contributed by atoms with E-state index in [4.69, 9.17) is 5.73 Å². The van der Waals surface area contributed by atoms with Crippen LogP contribution in [0, 0.1) is 17.2 Å². The number of carbonyl (C=O) groups is 1. The predicted molar refractivity (Wildman–Crippen MR) is 84.8 cm³/mol. The lowest BCUT2D eigenvalue weighted by Gasteiger charge is -2.20. The van der Waals surface area contributed by atoms with Gasteiger partial charge in [0, 0.05) is 6.54 Å². The van der Waals surface area contributed by atoms with Gasteiger partial charge in [-0.15, -0.1) is 12.4 Å². The summed E-state index contributed by atoms with van der Waals surface area (Å²) in [5.41, 5.74) is 7.09. The van der Waals surface area contributed by atoms with E-state index in [1.54, 1.807) is 0 Å². The molecule has 1 saturated carbocycles. The van der Waals surface area contributed by atoms with Crippen LogP contribution in [0.5, 0.6) is 0 Å². The van der Waals surface area contributed by atoms with Crippen molar-refractivity contribution in [3.63, 3.8) is 0 Å². The van der Waals surface area contributed by atoms with Gasteiger partial charge in [0.15, 0.2) is 0 Å². The quantitative estimate of drug-likeness (QED) is 0.848. The van der Waals surface area contributed by atoms with E-state index in [-0.39, 0.29) is 35.5 Å². The molecule has 0 aromatic heterocycles. The van der Waals surface area contributed by atoms with E-state index < -0.39 is 6.04 Å². The first-order valence-electron chi connectivity index (χ1n) is 7.20. The van der Waals surface area contributed by atoms with Gasteiger partial charge < -0.3 is 11.1 Å². The number of hydrogen-bond donors (Lipinski definition) is 2. The van der Waals surface area contributed by atoms with Gasteiger partial charge in [0.25, 0.3) is 0 Å². The second-order valence-electron chi connectivity index (χ2n) is 6.29. The van der Waals surface area contributed by atoms with Crippen molar-refractivity contribution in [2.75, 3.05) is 6.54 Å². The molecule has 1 atom stereocenters. The summed E-state index contributed by atoms with van der Waals surface area (Å²) in [6.45, 7) is 4.54. The molecule has 0 unspecified atom stereocenters. The second-order valence-corrected chi connectivity index (χ2v) is 6.29. The van der Waals surface area contributed by atoms with Crippen molar-refractivity contribution in [2.24, 2.45) is 17.1 Å². The topological polar surface area (TPSA) is 55.1 Å². The number of benzene rings is 1. The molecule has 1 aliphatic carbocycles. The smallest absolute Gasteiger partial charge is 0.237 e. The highest BCUT2D eigenvalue weighted by atomic mass is 35.5. The van der Waals surface area contributed by atoms with Gasteiger partial charge >= 0.3 is 0 Å². The summed E-state index contributed by atoms with van der Waals surface area (Å²) >= 11 is 0. The molecule has 118 valence electrons. The molecule has 2 rings (SSSR count). The Balaban J connectivity index is 0.00000220. The zero-order valence-corrected chi connectivity index (χ0v) is 13.4. The molecule has 1 aromatic carbocycles. The molecule has 1 aliphatic rings. The molecule has 3 N–H and O–H groups in total. The van der Waals surface area contributed by atoms with E-state index in [0.717, 1.165) is 24.8 Å². The van der Waals surface area contributed by atoms with E-state index in [2.05, 4.69) is 5.32 Å². The van der Waals surface area contributed by atoms with Crippen molar-refractivity contribution >= 4 is 18.3 Å². The van der Waals surface area contributed by atoms with Crippen molar-refractivity contribution in [1.82, 2.24) is 5.32 Å². The first kappa shape index (κ1) is 17.9. The Morgan fingerprint density at radius 1 is 1.33 bits per heavy atom. The fourth-order valence-corrected chi connectivity index (χ4v) is 2.32. The average Bonchev–Trinajstić information content (AvgIpc) is 3.18. The van der Waals surface area contributed by atoms with Gasteiger partial charge in [-0.05, 0) is 48.3 Å². The Hall–Kier alpha value is -1.13. The van der Waals surface area contributed by atoms with Crippen LogP contribution in [0.3, 0.4) is 0 Å². The van der Waals surface area contributed by atoms with Gasteiger partial charge in [-0.1, -0.05) is 26.0 Å². The van der Waals surface area contributed by atoms with Gasteiger partial charge in [-0.2, -0.15) is 0 Å². The molecular weight excluding hydrogens is 291 g/mol. The molecule has 1 aromatic rings. The molecule has 1 fully saturated rings. The van der Waals surface area contributed by atoms with Crippen LogP contribution < -0.4 is 11.1 Å². The number of carbonyl (C=O) groups excluding carboxylic acids is 1.